The van der Waals surface area contributed by atoms with Crippen molar-refractivity contribution in [2.45, 2.75) is 12.8 Å². The van der Waals surface area contributed by atoms with E-state index < -0.39 is 0 Å². The molecule has 2 heterocycles. The number of amidine groups is 1. The Morgan fingerprint density at radius 2 is 1.96 bits per heavy atom. The number of aliphatic imine (C=N–C) groups is 1. The third-order valence-electron chi connectivity index (χ3n) is 4.72. The summed E-state index contributed by atoms with van der Waals surface area (Å²) < 4.78 is 25.6. The predicted octanol–water partition coefficient (Wildman–Crippen LogP) is 3.42. The Morgan fingerprint density at radius 3 is 2.69 bits per heavy atom. The van der Waals surface area contributed by atoms with E-state index in [1.165, 1.54) is 11.6 Å². The van der Waals surface area contributed by atoms with Crippen LogP contribution in [-0.2, 0) is 22.3 Å². The molecule has 1 unspecified atom stereocenters. The highest BCUT2D eigenvalue weighted by molar-refractivity contribution is 6.01. The van der Waals surface area contributed by atoms with Gasteiger partial charge in [-0.25, -0.2) is 4.39 Å². The van der Waals surface area contributed by atoms with Crippen LogP contribution in [0.2, 0.25) is 0 Å². The third-order valence-corrected chi connectivity index (χ3v) is 4.72. The van der Waals surface area contributed by atoms with Gasteiger partial charge in [-0.05, 0) is 30.0 Å². The number of halogens is 1. The fourth-order valence-corrected chi connectivity index (χ4v) is 3.45. The Morgan fingerprint density at radius 1 is 1.08 bits per heavy atom. The van der Waals surface area contributed by atoms with Crippen LogP contribution in [0.1, 0.15) is 16.7 Å². The zero-order valence-electron chi connectivity index (χ0n) is 14.5. The first kappa shape index (κ1) is 16.6. The minimum Gasteiger partial charge on any atom is -0.462 e. The molecule has 0 fully saturated rings. The van der Waals surface area contributed by atoms with E-state index in [1.807, 2.05) is 24.3 Å². The van der Waals surface area contributed by atoms with Gasteiger partial charge in [0.05, 0.1) is 6.54 Å². The summed E-state index contributed by atoms with van der Waals surface area (Å²) in [4.78, 5) is 4.46. The Hall–Kier alpha value is -2.82. The van der Waals surface area contributed by atoms with Gasteiger partial charge in [-0.15, -0.1) is 0 Å². The molecular formula is C21H21FN2O2. The van der Waals surface area contributed by atoms with Gasteiger partial charge < -0.3 is 14.8 Å². The van der Waals surface area contributed by atoms with Gasteiger partial charge in [0, 0.05) is 18.0 Å². The first-order chi connectivity index (χ1) is 12.8. The van der Waals surface area contributed by atoms with Gasteiger partial charge in [0.15, 0.2) is 0 Å². The van der Waals surface area contributed by atoms with Crippen molar-refractivity contribution in [2.75, 3.05) is 19.9 Å². The van der Waals surface area contributed by atoms with E-state index in [-0.39, 0.29) is 18.5 Å². The molecule has 0 aliphatic carbocycles. The van der Waals surface area contributed by atoms with Crippen molar-refractivity contribution >= 4 is 5.84 Å². The standard InChI is InChI=1S/C21H21FN2O2/c22-19-8-4-7-17(21-23-9-10-24-21)18(19)12-16(20-13-25-14-26-20)11-15-5-2-1-3-6-15/h1-8,13,16H,9-12,14H2,(H,23,24). The molecule has 134 valence electrons. The highest BCUT2D eigenvalue weighted by atomic mass is 19.1. The first-order valence-electron chi connectivity index (χ1n) is 8.86. The van der Waals surface area contributed by atoms with E-state index >= 15 is 0 Å². The molecule has 2 aromatic rings. The summed E-state index contributed by atoms with van der Waals surface area (Å²) in [7, 11) is 0. The van der Waals surface area contributed by atoms with Crippen LogP contribution in [0.5, 0.6) is 0 Å². The maximum absolute atomic E-state index is 14.7. The lowest BCUT2D eigenvalue weighted by atomic mass is 9.88. The predicted molar refractivity (Wildman–Crippen MR) is 98.3 cm³/mol. The third kappa shape index (κ3) is 3.57. The van der Waals surface area contributed by atoms with Crippen molar-refractivity contribution in [3.63, 3.8) is 0 Å². The fourth-order valence-electron chi connectivity index (χ4n) is 3.45. The van der Waals surface area contributed by atoms with E-state index in [0.717, 1.165) is 36.7 Å². The molecule has 0 aromatic heterocycles. The molecule has 0 saturated heterocycles. The second kappa shape index (κ2) is 7.60. The van der Waals surface area contributed by atoms with Crippen LogP contribution in [0, 0.1) is 11.7 Å². The Bertz CT molecular complexity index is 833. The number of nitrogens with one attached hydrogen (secondary N) is 1. The minimum absolute atomic E-state index is 0.00227. The number of rotatable bonds is 6. The van der Waals surface area contributed by atoms with Gasteiger partial charge in [-0.1, -0.05) is 42.5 Å². The van der Waals surface area contributed by atoms with E-state index in [0.29, 0.717) is 12.0 Å². The van der Waals surface area contributed by atoms with E-state index in [4.69, 9.17) is 9.47 Å². The average molecular weight is 352 g/mol. The van der Waals surface area contributed by atoms with Crippen LogP contribution in [0.3, 0.4) is 0 Å². The summed E-state index contributed by atoms with van der Waals surface area (Å²) in [6.45, 7) is 1.74. The molecule has 26 heavy (non-hydrogen) atoms. The van der Waals surface area contributed by atoms with Crippen LogP contribution >= 0.6 is 0 Å². The number of nitrogens with zero attached hydrogens (tertiary/aromatic N) is 1. The molecule has 1 N–H and O–H groups in total. The summed E-state index contributed by atoms with van der Waals surface area (Å²) >= 11 is 0. The molecule has 0 radical (unpaired) electrons. The molecule has 5 heteroatoms. The summed E-state index contributed by atoms with van der Waals surface area (Å²) in [6.07, 6.45) is 2.93. The molecule has 1 atom stereocenters. The maximum Gasteiger partial charge on any atom is 0.229 e. The lowest BCUT2D eigenvalue weighted by Gasteiger charge is -2.19. The van der Waals surface area contributed by atoms with Crippen LogP contribution in [0.15, 0.2) is 65.5 Å². The Balaban J connectivity index is 1.65. The van der Waals surface area contributed by atoms with Gasteiger partial charge >= 0.3 is 0 Å². The molecule has 2 aromatic carbocycles. The second-order valence-corrected chi connectivity index (χ2v) is 6.46. The highest BCUT2D eigenvalue weighted by Crippen LogP contribution is 2.28. The Labute approximate surface area is 152 Å². The molecule has 4 rings (SSSR count). The number of allylic oxidation sites excluding steroid dienone is 1. The van der Waals surface area contributed by atoms with Crippen molar-refractivity contribution in [3.8, 4) is 0 Å². The van der Waals surface area contributed by atoms with Crippen LogP contribution < -0.4 is 5.32 Å². The van der Waals surface area contributed by atoms with Crippen molar-refractivity contribution in [3.05, 3.63) is 83.1 Å². The van der Waals surface area contributed by atoms with Gasteiger partial charge in [-0.2, -0.15) is 0 Å². The summed E-state index contributed by atoms with van der Waals surface area (Å²) in [5.74, 6) is 1.33. The van der Waals surface area contributed by atoms with E-state index in [1.54, 1.807) is 12.3 Å². The molecule has 0 bridgehead atoms. The summed E-state index contributed by atoms with van der Waals surface area (Å²) in [6, 6.07) is 15.3. The maximum atomic E-state index is 14.7. The van der Waals surface area contributed by atoms with Crippen LogP contribution in [-0.4, -0.2) is 25.7 Å². The molecule has 2 aliphatic heterocycles. The average Bonchev–Trinajstić information content (AvgIpc) is 3.37. The van der Waals surface area contributed by atoms with Crippen LogP contribution in [0.25, 0.3) is 0 Å². The van der Waals surface area contributed by atoms with Gasteiger partial charge in [0.1, 0.15) is 23.7 Å². The summed E-state index contributed by atoms with van der Waals surface area (Å²) in [5.41, 5.74) is 2.68. The van der Waals surface area contributed by atoms with Gasteiger partial charge in [-0.3, -0.25) is 4.99 Å². The topological polar surface area (TPSA) is 42.9 Å². The monoisotopic (exact) mass is 352 g/mol. The van der Waals surface area contributed by atoms with E-state index in [2.05, 4.69) is 22.4 Å². The number of hydrogen-bond acceptors (Lipinski definition) is 4. The molecule has 0 spiro atoms. The molecular weight excluding hydrogens is 331 g/mol. The Kier molecular flexibility index (Phi) is 4.86. The quantitative estimate of drug-likeness (QED) is 0.866. The minimum atomic E-state index is -0.212. The lowest BCUT2D eigenvalue weighted by molar-refractivity contribution is 0.0703. The van der Waals surface area contributed by atoms with Crippen molar-refractivity contribution < 1.29 is 13.9 Å². The first-order valence-corrected chi connectivity index (χ1v) is 8.86. The molecule has 2 aliphatic rings. The molecule has 4 nitrogen and oxygen atoms in total. The number of hydrogen-bond donors (Lipinski definition) is 1. The lowest BCUT2D eigenvalue weighted by Crippen LogP contribution is -2.23. The highest BCUT2D eigenvalue weighted by Gasteiger charge is 2.25. The summed E-state index contributed by atoms with van der Waals surface area (Å²) in [5, 5.41) is 3.25. The second-order valence-electron chi connectivity index (χ2n) is 6.46. The van der Waals surface area contributed by atoms with Gasteiger partial charge in [0.25, 0.3) is 0 Å². The van der Waals surface area contributed by atoms with Crippen LogP contribution in [0.4, 0.5) is 4.39 Å². The van der Waals surface area contributed by atoms with E-state index in [9.17, 15) is 4.39 Å². The molecule has 0 saturated carbocycles. The van der Waals surface area contributed by atoms with Crippen molar-refractivity contribution in [1.29, 1.82) is 0 Å². The van der Waals surface area contributed by atoms with Crippen molar-refractivity contribution in [1.82, 2.24) is 5.32 Å². The smallest absolute Gasteiger partial charge is 0.229 e. The largest absolute Gasteiger partial charge is 0.462 e. The zero-order chi connectivity index (χ0) is 17.8. The van der Waals surface area contributed by atoms with Gasteiger partial charge in [0.2, 0.25) is 6.79 Å². The molecule has 0 amide bonds. The SMILES string of the molecule is Fc1cccc(C2=NCCN2)c1CC(Cc1ccccc1)C1=COCO1. The fraction of sp³-hybridized carbons (Fsp3) is 0.286. The number of benzene rings is 2. The number of ether oxygens (including phenoxy) is 2. The zero-order valence-corrected chi connectivity index (χ0v) is 14.5. The van der Waals surface area contributed by atoms with Crippen molar-refractivity contribution in [2.24, 2.45) is 10.9 Å². The normalized spacial score (nSPS) is 17.0.